The van der Waals surface area contributed by atoms with Crippen LogP contribution >= 0.6 is 0 Å². The fourth-order valence-corrected chi connectivity index (χ4v) is 1.47. The maximum atomic E-state index is 13.5. The van der Waals surface area contributed by atoms with Crippen molar-refractivity contribution < 1.29 is 8.78 Å². The molecule has 2 nitrogen and oxygen atoms in total. The molecule has 0 aliphatic heterocycles. The highest BCUT2D eigenvalue weighted by molar-refractivity contribution is 5.63. The highest BCUT2D eigenvalue weighted by Gasteiger charge is 2.11. The molecule has 0 saturated carbocycles. The van der Waals surface area contributed by atoms with Gasteiger partial charge in [-0.3, -0.25) is 0 Å². The molecule has 0 atom stereocenters. The van der Waals surface area contributed by atoms with Crippen LogP contribution in [0.2, 0.25) is 0 Å². The molecule has 0 aliphatic carbocycles. The third-order valence-corrected chi connectivity index (χ3v) is 2.54. The summed E-state index contributed by atoms with van der Waals surface area (Å²) in [6.07, 6.45) is 1.61. The van der Waals surface area contributed by atoms with Crippen LogP contribution < -0.4 is 0 Å². The molecule has 0 amide bonds. The standard InChI is InChI=1S/C12H10F2N2/c1-7-6-15-16-12(8(7)2)10-4-3-9(13)5-11(10)14/h3-6H,1-2H3. The molecule has 1 aromatic carbocycles. The van der Waals surface area contributed by atoms with Gasteiger partial charge in [-0.15, -0.1) is 0 Å². The van der Waals surface area contributed by atoms with Crippen LogP contribution in [0.1, 0.15) is 11.1 Å². The van der Waals surface area contributed by atoms with E-state index < -0.39 is 11.6 Å². The third kappa shape index (κ3) is 1.78. The zero-order chi connectivity index (χ0) is 11.7. The Morgan fingerprint density at radius 1 is 1.12 bits per heavy atom. The molecule has 0 bridgehead atoms. The van der Waals surface area contributed by atoms with E-state index in [-0.39, 0.29) is 5.56 Å². The van der Waals surface area contributed by atoms with E-state index in [0.717, 1.165) is 17.2 Å². The minimum absolute atomic E-state index is 0.273. The lowest BCUT2D eigenvalue weighted by Crippen LogP contribution is -1.96. The first-order valence-electron chi connectivity index (χ1n) is 4.84. The van der Waals surface area contributed by atoms with Crippen molar-refractivity contribution in [1.29, 1.82) is 0 Å². The Hall–Kier alpha value is -1.84. The minimum atomic E-state index is -0.622. The first-order chi connectivity index (χ1) is 7.59. The molecule has 2 aromatic rings. The van der Waals surface area contributed by atoms with Gasteiger partial charge in [0.15, 0.2) is 0 Å². The lowest BCUT2D eigenvalue weighted by molar-refractivity contribution is 0.585. The van der Waals surface area contributed by atoms with Gasteiger partial charge in [0.05, 0.1) is 11.9 Å². The van der Waals surface area contributed by atoms with Gasteiger partial charge in [-0.1, -0.05) is 0 Å². The van der Waals surface area contributed by atoms with Gasteiger partial charge in [-0.2, -0.15) is 10.2 Å². The van der Waals surface area contributed by atoms with Gasteiger partial charge >= 0.3 is 0 Å². The van der Waals surface area contributed by atoms with Crippen LogP contribution in [0.4, 0.5) is 8.78 Å². The zero-order valence-corrected chi connectivity index (χ0v) is 8.96. The average Bonchev–Trinajstić information content (AvgIpc) is 2.23. The van der Waals surface area contributed by atoms with Gasteiger partial charge in [0, 0.05) is 11.6 Å². The van der Waals surface area contributed by atoms with Gasteiger partial charge < -0.3 is 0 Å². The maximum absolute atomic E-state index is 13.5. The Labute approximate surface area is 92.0 Å². The van der Waals surface area contributed by atoms with E-state index in [4.69, 9.17) is 0 Å². The predicted octanol–water partition coefficient (Wildman–Crippen LogP) is 3.04. The molecule has 2 rings (SSSR count). The van der Waals surface area contributed by atoms with E-state index in [1.54, 1.807) is 6.20 Å². The van der Waals surface area contributed by atoms with Gasteiger partial charge in [0.2, 0.25) is 0 Å². The van der Waals surface area contributed by atoms with E-state index in [2.05, 4.69) is 10.2 Å². The fraction of sp³-hybridized carbons (Fsp3) is 0.167. The van der Waals surface area contributed by atoms with Crippen molar-refractivity contribution in [3.05, 3.63) is 47.2 Å². The molecule has 16 heavy (non-hydrogen) atoms. The highest BCUT2D eigenvalue weighted by atomic mass is 19.1. The van der Waals surface area contributed by atoms with E-state index in [1.165, 1.54) is 12.1 Å². The number of nitrogens with zero attached hydrogens (tertiary/aromatic N) is 2. The molecular formula is C12H10F2N2. The fourth-order valence-electron chi connectivity index (χ4n) is 1.47. The molecule has 0 saturated heterocycles. The number of benzene rings is 1. The summed E-state index contributed by atoms with van der Waals surface area (Å²) >= 11 is 0. The number of aromatic nitrogens is 2. The summed E-state index contributed by atoms with van der Waals surface area (Å²) < 4.78 is 26.3. The first-order valence-corrected chi connectivity index (χ1v) is 4.84. The van der Waals surface area contributed by atoms with Crippen LogP contribution in [0.5, 0.6) is 0 Å². The third-order valence-electron chi connectivity index (χ3n) is 2.54. The molecule has 0 radical (unpaired) electrons. The topological polar surface area (TPSA) is 25.8 Å². The Morgan fingerprint density at radius 2 is 1.88 bits per heavy atom. The smallest absolute Gasteiger partial charge is 0.135 e. The highest BCUT2D eigenvalue weighted by Crippen LogP contribution is 2.25. The summed E-state index contributed by atoms with van der Waals surface area (Å²) in [5.41, 5.74) is 2.50. The molecule has 0 fully saturated rings. The van der Waals surface area contributed by atoms with Gasteiger partial charge in [-0.25, -0.2) is 8.78 Å². The first kappa shape index (κ1) is 10.7. The Bertz CT molecular complexity index is 539. The number of hydrogen-bond acceptors (Lipinski definition) is 2. The van der Waals surface area contributed by atoms with Crippen molar-refractivity contribution in [2.24, 2.45) is 0 Å². The zero-order valence-electron chi connectivity index (χ0n) is 8.96. The van der Waals surface area contributed by atoms with Crippen LogP contribution in [-0.4, -0.2) is 10.2 Å². The predicted molar refractivity (Wildman–Crippen MR) is 56.9 cm³/mol. The molecule has 1 heterocycles. The molecule has 0 unspecified atom stereocenters. The molecule has 1 aromatic heterocycles. The van der Waals surface area contributed by atoms with Crippen molar-refractivity contribution in [3.63, 3.8) is 0 Å². The molecule has 0 spiro atoms. The Balaban J connectivity index is 2.63. The van der Waals surface area contributed by atoms with E-state index >= 15 is 0 Å². The minimum Gasteiger partial charge on any atom is -0.207 e. The lowest BCUT2D eigenvalue weighted by Gasteiger charge is -2.07. The van der Waals surface area contributed by atoms with Crippen molar-refractivity contribution in [1.82, 2.24) is 10.2 Å². The summed E-state index contributed by atoms with van der Waals surface area (Å²) in [5.74, 6) is -1.22. The second kappa shape index (κ2) is 3.96. The van der Waals surface area contributed by atoms with Crippen molar-refractivity contribution in [3.8, 4) is 11.3 Å². The van der Waals surface area contributed by atoms with Crippen LogP contribution in [0.15, 0.2) is 24.4 Å². The average molecular weight is 220 g/mol. The van der Waals surface area contributed by atoms with Crippen LogP contribution in [0, 0.1) is 25.5 Å². The molecule has 0 aliphatic rings. The number of rotatable bonds is 1. The quantitative estimate of drug-likeness (QED) is 0.738. The van der Waals surface area contributed by atoms with E-state index in [0.29, 0.717) is 5.69 Å². The van der Waals surface area contributed by atoms with Gasteiger partial charge in [0.1, 0.15) is 11.6 Å². The maximum Gasteiger partial charge on any atom is 0.135 e. The van der Waals surface area contributed by atoms with Gasteiger partial charge in [-0.05, 0) is 37.1 Å². The van der Waals surface area contributed by atoms with Crippen molar-refractivity contribution in [2.75, 3.05) is 0 Å². The van der Waals surface area contributed by atoms with E-state index in [1.807, 2.05) is 13.8 Å². The summed E-state index contributed by atoms with van der Waals surface area (Å²) in [7, 11) is 0. The number of hydrogen-bond donors (Lipinski definition) is 0. The van der Waals surface area contributed by atoms with Crippen molar-refractivity contribution in [2.45, 2.75) is 13.8 Å². The number of halogens is 2. The van der Waals surface area contributed by atoms with Crippen LogP contribution in [0.25, 0.3) is 11.3 Å². The van der Waals surface area contributed by atoms with E-state index in [9.17, 15) is 8.78 Å². The molecule has 4 heteroatoms. The SMILES string of the molecule is Cc1cnnc(-c2ccc(F)cc2F)c1C. The summed E-state index contributed by atoms with van der Waals surface area (Å²) in [5, 5.41) is 7.66. The largest absolute Gasteiger partial charge is 0.207 e. The summed E-state index contributed by atoms with van der Waals surface area (Å²) in [4.78, 5) is 0. The van der Waals surface area contributed by atoms with Crippen LogP contribution in [0.3, 0.4) is 0 Å². The molecule has 82 valence electrons. The summed E-state index contributed by atoms with van der Waals surface area (Å²) in [6, 6.07) is 3.43. The summed E-state index contributed by atoms with van der Waals surface area (Å²) in [6.45, 7) is 3.71. The number of aryl methyl sites for hydroxylation is 1. The molecular weight excluding hydrogens is 210 g/mol. The second-order valence-electron chi connectivity index (χ2n) is 3.63. The van der Waals surface area contributed by atoms with Crippen molar-refractivity contribution >= 4 is 0 Å². The normalized spacial score (nSPS) is 10.5. The van der Waals surface area contributed by atoms with Gasteiger partial charge in [0.25, 0.3) is 0 Å². The Morgan fingerprint density at radius 3 is 2.56 bits per heavy atom. The molecule has 0 N–H and O–H groups in total. The second-order valence-corrected chi connectivity index (χ2v) is 3.63. The monoisotopic (exact) mass is 220 g/mol. The lowest BCUT2D eigenvalue weighted by atomic mass is 10.0. The Kier molecular flexibility index (Phi) is 2.64. The van der Waals surface area contributed by atoms with Crippen LogP contribution in [-0.2, 0) is 0 Å².